The van der Waals surface area contributed by atoms with Gasteiger partial charge in [0.05, 0.1) is 11.6 Å². The standard InChI is InChI=1S/C18H19ClO5/c1-3-22-17(20)10(2)23-16-9-15-13(8-14(16)19)11-6-4-5-7-12(11)18(21)24-15/h8-10H,3-7H2,1-2H3/t10-/m1/s1. The van der Waals surface area contributed by atoms with Gasteiger partial charge in [-0.2, -0.15) is 0 Å². The number of benzene rings is 1. The molecule has 0 saturated heterocycles. The van der Waals surface area contributed by atoms with Gasteiger partial charge in [-0.15, -0.1) is 0 Å². The van der Waals surface area contributed by atoms with Crippen molar-refractivity contribution in [2.75, 3.05) is 6.61 Å². The Morgan fingerprint density at radius 3 is 2.71 bits per heavy atom. The Morgan fingerprint density at radius 1 is 1.29 bits per heavy atom. The minimum absolute atomic E-state index is 0.277. The predicted molar refractivity (Wildman–Crippen MR) is 90.9 cm³/mol. The molecule has 1 heterocycles. The van der Waals surface area contributed by atoms with E-state index in [4.69, 9.17) is 25.5 Å². The first kappa shape index (κ1) is 16.8. The van der Waals surface area contributed by atoms with Crippen LogP contribution in [0.3, 0.4) is 0 Å². The average molecular weight is 351 g/mol. The number of esters is 1. The van der Waals surface area contributed by atoms with Crippen LogP contribution in [0.1, 0.15) is 37.8 Å². The summed E-state index contributed by atoms with van der Waals surface area (Å²) in [6.07, 6.45) is 2.82. The van der Waals surface area contributed by atoms with Crippen LogP contribution in [-0.4, -0.2) is 18.7 Å². The van der Waals surface area contributed by atoms with Gasteiger partial charge in [0, 0.05) is 17.0 Å². The maximum absolute atomic E-state index is 12.2. The summed E-state index contributed by atoms with van der Waals surface area (Å²) >= 11 is 6.31. The van der Waals surface area contributed by atoms with E-state index in [9.17, 15) is 9.59 Å². The number of hydrogen-bond acceptors (Lipinski definition) is 5. The molecule has 3 rings (SSSR count). The first-order valence-electron chi connectivity index (χ1n) is 8.12. The number of rotatable bonds is 4. The SMILES string of the molecule is CCOC(=O)[C@@H](C)Oc1cc2oc(=O)c3c(c2cc1Cl)CCCC3. The van der Waals surface area contributed by atoms with Crippen molar-refractivity contribution in [1.29, 1.82) is 0 Å². The van der Waals surface area contributed by atoms with E-state index in [0.717, 1.165) is 42.2 Å². The van der Waals surface area contributed by atoms with Crippen LogP contribution in [0, 0.1) is 0 Å². The highest BCUT2D eigenvalue weighted by atomic mass is 35.5. The van der Waals surface area contributed by atoms with Gasteiger partial charge in [-0.25, -0.2) is 9.59 Å². The molecular formula is C18H19ClO5. The van der Waals surface area contributed by atoms with E-state index in [2.05, 4.69) is 0 Å². The molecule has 0 radical (unpaired) electrons. The summed E-state index contributed by atoms with van der Waals surface area (Å²) in [5.41, 5.74) is 1.89. The number of carbonyl (C=O) groups is 1. The number of fused-ring (bicyclic) bond motifs is 3. The molecule has 1 aliphatic rings. The van der Waals surface area contributed by atoms with Gasteiger partial charge in [-0.1, -0.05) is 11.6 Å². The Balaban J connectivity index is 2.01. The van der Waals surface area contributed by atoms with Crippen LogP contribution < -0.4 is 10.4 Å². The summed E-state index contributed by atoms with van der Waals surface area (Å²) in [6, 6.07) is 3.32. The molecule has 24 heavy (non-hydrogen) atoms. The number of ether oxygens (including phenoxy) is 2. The van der Waals surface area contributed by atoms with Crippen molar-refractivity contribution in [1.82, 2.24) is 0 Å². The highest BCUT2D eigenvalue weighted by Crippen LogP contribution is 2.34. The molecule has 0 spiro atoms. The van der Waals surface area contributed by atoms with Gasteiger partial charge in [0.15, 0.2) is 6.10 Å². The van der Waals surface area contributed by atoms with E-state index in [1.54, 1.807) is 26.0 Å². The van der Waals surface area contributed by atoms with Crippen molar-refractivity contribution in [2.24, 2.45) is 0 Å². The van der Waals surface area contributed by atoms with Crippen molar-refractivity contribution in [2.45, 2.75) is 45.6 Å². The second-order valence-electron chi connectivity index (χ2n) is 5.84. The molecular weight excluding hydrogens is 332 g/mol. The number of carbonyl (C=O) groups excluding carboxylic acids is 1. The summed E-state index contributed by atoms with van der Waals surface area (Å²) in [4.78, 5) is 23.9. The molecule has 2 aromatic rings. The highest BCUT2D eigenvalue weighted by Gasteiger charge is 2.21. The first-order chi connectivity index (χ1) is 11.5. The molecule has 0 fully saturated rings. The fourth-order valence-corrected chi connectivity index (χ4v) is 3.24. The summed E-state index contributed by atoms with van der Waals surface area (Å²) in [6.45, 7) is 3.59. The minimum Gasteiger partial charge on any atom is -0.477 e. The van der Waals surface area contributed by atoms with Gasteiger partial charge < -0.3 is 13.9 Å². The van der Waals surface area contributed by atoms with Gasteiger partial charge in [0.2, 0.25) is 0 Å². The molecule has 0 amide bonds. The van der Waals surface area contributed by atoms with E-state index in [1.807, 2.05) is 0 Å². The largest absolute Gasteiger partial charge is 0.477 e. The first-order valence-corrected chi connectivity index (χ1v) is 8.50. The van der Waals surface area contributed by atoms with Crippen LogP contribution in [0.4, 0.5) is 0 Å². The van der Waals surface area contributed by atoms with E-state index in [-0.39, 0.29) is 12.2 Å². The third kappa shape index (κ3) is 3.13. The van der Waals surface area contributed by atoms with E-state index >= 15 is 0 Å². The minimum atomic E-state index is -0.802. The van der Waals surface area contributed by atoms with Gasteiger partial charge in [-0.05, 0) is 51.2 Å². The molecule has 5 nitrogen and oxygen atoms in total. The second kappa shape index (κ2) is 6.85. The fraction of sp³-hybridized carbons (Fsp3) is 0.444. The summed E-state index contributed by atoms with van der Waals surface area (Å²) < 4.78 is 15.9. The molecule has 0 saturated carbocycles. The van der Waals surface area contributed by atoms with E-state index in [0.29, 0.717) is 16.4 Å². The molecule has 0 bridgehead atoms. The predicted octanol–water partition coefficient (Wildman–Crippen LogP) is 3.66. The third-order valence-electron chi connectivity index (χ3n) is 4.20. The molecule has 1 aromatic carbocycles. The number of halogens is 1. The monoisotopic (exact) mass is 350 g/mol. The van der Waals surface area contributed by atoms with Crippen molar-refractivity contribution in [3.8, 4) is 5.75 Å². The van der Waals surface area contributed by atoms with Gasteiger partial charge in [0.25, 0.3) is 0 Å². The fourth-order valence-electron chi connectivity index (χ4n) is 3.03. The molecule has 1 atom stereocenters. The Labute approximate surface area is 144 Å². The van der Waals surface area contributed by atoms with Gasteiger partial charge in [-0.3, -0.25) is 0 Å². The van der Waals surface area contributed by atoms with Crippen molar-refractivity contribution < 1.29 is 18.7 Å². The van der Waals surface area contributed by atoms with Crippen LogP contribution in [0.25, 0.3) is 11.0 Å². The van der Waals surface area contributed by atoms with Crippen molar-refractivity contribution in [3.63, 3.8) is 0 Å². The van der Waals surface area contributed by atoms with Crippen LogP contribution in [-0.2, 0) is 22.4 Å². The Kier molecular flexibility index (Phi) is 4.81. The Morgan fingerprint density at radius 2 is 2.00 bits per heavy atom. The number of aryl methyl sites for hydroxylation is 1. The molecule has 0 aliphatic heterocycles. The number of hydrogen-bond donors (Lipinski definition) is 0. The lowest BCUT2D eigenvalue weighted by Crippen LogP contribution is -2.26. The van der Waals surface area contributed by atoms with E-state index < -0.39 is 12.1 Å². The zero-order valence-electron chi connectivity index (χ0n) is 13.7. The quantitative estimate of drug-likeness (QED) is 0.622. The van der Waals surface area contributed by atoms with Gasteiger partial charge >= 0.3 is 11.6 Å². The molecule has 1 aromatic heterocycles. The topological polar surface area (TPSA) is 65.7 Å². The van der Waals surface area contributed by atoms with Gasteiger partial charge in [0.1, 0.15) is 11.3 Å². The highest BCUT2D eigenvalue weighted by molar-refractivity contribution is 6.32. The van der Waals surface area contributed by atoms with Crippen molar-refractivity contribution in [3.05, 3.63) is 38.7 Å². The van der Waals surface area contributed by atoms with Crippen LogP contribution in [0.2, 0.25) is 5.02 Å². The molecule has 0 unspecified atom stereocenters. The maximum atomic E-state index is 12.2. The second-order valence-corrected chi connectivity index (χ2v) is 6.25. The zero-order chi connectivity index (χ0) is 17.3. The average Bonchev–Trinajstić information content (AvgIpc) is 2.57. The summed E-state index contributed by atoms with van der Waals surface area (Å²) in [7, 11) is 0. The molecule has 6 heteroatoms. The van der Waals surface area contributed by atoms with Crippen LogP contribution >= 0.6 is 11.6 Å². The normalized spacial score (nSPS) is 15.0. The smallest absolute Gasteiger partial charge is 0.347 e. The van der Waals surface area contributed by atoms with Crippen LogP contribution in [0.5, 0.6) is 5.75 Å². The lowest BCUT2D eigenvalue weighted by molar-refractivity contribution is -0.150. The lowest BCUT2D eigenvalue weighted by atomic mass is 9.90. The molecule has 0 N–H and O–H groups in total. The summed E-state index contributed by atoms with van der Waals surface area (Å²) in [5.74, 6) is -0.177. The van der Waals surface area contributed by atoms with Crippen molar-refractivity contribution >= 4 is 28.5 Å². The lowest BCUT2D eigenvalue weighted by Gasteiger charge is -2.18. The third-order valence-corrected chi connectivity index (χ3v) is 4.49. The summed E-state index contributed by atoms with van der Waals surface area (Å²) in [5, 5.41) is 1.21. The van der Waals surface area contributed by atoms with E-state index in [1.165, 1.54) is 0 Å². The Bertz CT molecular complexity index is 839. The molecule has 128 valence electrons. The zero-order valence-corrected chi connectivity index (χ0v) is 14.4. The van der Waals surface area contributed by atoms with Crippen LogP contribution in [0.15, 0.2) is 21.3 Å². The molecule has 1 aliphatic carbocycles. The Hall–Kier alpha value is -2.01. The maximum Gasteiger partial charge on any atom is 0.347 e.